The summed E-state index contributed by atoms with van der Waals surface area (Å²) in [4.78, 5) is 9.04. The van der Waals surface area contributed by atoms with Crippen molar-refractivity contribution in [2.45, 2.75) is 30.7 Å². The summed E-state index contributed by atoms with van der Waals surface area (Å²) in [5.74, 6) is 0. The fourth-order valence-corrected chi connectivity index (χ4v) is 2.61. The molecule has 8 heteroatoms. The molecule has 0 saturated carbocycles. The lowest BCUT2D eigenvalue weighted by Gasteiger charge is -2.33. The average Bonchev–Trinajstić information content (AvgIpc) is 2.26. The molecule has 2 rings (SSSR count). The van der Waals surface area contributed by atoms with Gasteiger partial charge in [0.15, 0.2) is 0 Å². The van der Waals surface area contributed by atoms with Gasteiger partial charge in [0.2, 0.25) is 0 Å². The zero-order valence-electron chi connectivity index (χ0n) is 7.49. The fraction of sp³-hybridized carbons (Fsp3) is 1.00. The van der Waals surface area contributed by atoms with Crippen molar-refractivity contribution in [2.24, 2.45) is 0 Å². The maximum absolute atomic E-state index is 11.1. The number of hydrogen-bond donors (Lipinski definition) is 2. The van der Waals surface area contributed by atoms with Crippen LogP contribution in [0, 0.1) is 0 Å². The predicted octanol–water partition coefficient (Wildman–Crippen LogP) is -0.853. The third-order valence-electron chi connectivity index (χ3n) is 2.46. The standard InChI is InChI=1S/C6H10BO6P/c1-6(8)4-3(12-5(6)7)2-11-14(9,10)13-4/h3-5,8H,2H2,1H3,(H,9,10)/t3-,4-,5-,6-/m1/s1. The van der Waals surface area contributed by atoms with Crippen LogP contribution in [0.5, 0.6) is 0 Å². The van der Waals surface area contributed by atoms with E-state index in [2.05, 4.69) is 4.52 Å². The zero-order valence-corrected chi connectivity index (χ0v) is 8.39. The van der Waals surface area contributed by atoms with Gasteiger partial charge in [0.1, 0.15) is 25.7 Å². The number of fused-ring (bicyclic) bond motifs is 1. The van der Waals surface area contributed by atoms with Crippen molar-refractivity contribution >= 4 is 15.7 Å². The lowest BCUT2D eigenvalue weighted by molar-refractivity contribution is -0.0714. The fourth-order valence-electron chi connectivity index (χ4n) is 1.58. The Balaban J connectivity index is 2.23. The van der Waals surface area contributed by atoms with Crippen LogP contribution in [0.4, 0.5) is 0 Å². The molecule has 2 saturated heterocycles. The summed E-state index contributed by atoms with van der Waals surface area (Å²) in [6.45, 7) is 1.29. The molecule has 0 aromatic heterocycles. The highest BCUT2D eigenvalue weighted by Gasteiger charge is 2.56. The van der Waals surface area contributed by atoms with Crippen LogP contribution < -0.4 is 0 Å². The molecule has 0 spiro atoms. The highest BCUT2D eigenvalue weighted by atomic mass is 31.2. The summed E-state index contributed by atoms with van der Waals surface area (Å²) in [5, 5.41) is 9.83. The normalized spacial score (nSPS) is 58.4. The van der Waals surface area contributed by atoms with Crippen molar-refractivity contribution in [2.75, 3.05) is 6.61 Å². The van der Waals surface area contributed by atoms with E-state index in [1.807, 2.05) is 0 Å². The molecule has 14 heavy (non-hydrogen) atoms. The van der Waals surface area contributed by atoms with E-state index in [-0.39, 0.29) is 6.61 Å². The van der Waals surface area contributed by atoms with Crippen molar-refractivity contribution in [3.8, 4) is 0 Å². The Morgan fingerprint density at radius 3 is 2.93 bits per heavy atom. The molecule has 6 nitrogen and oxygen atoms in total. The summed E-state index contributed by atoms with van der Waals surface area (Å²) < 4.78 is 25.4. The van der Waals surface area contributed by atoms with E-state index in [0.29, 0.717) is 0 Å². The summed E-state index contributed by atoms with van der Waals surface area (Å²) in [6.07, 6.45) is -1.53. The van der Waals surface area contributed by atoms with Gasteiger partial charge < -0.3 is 14.7 Å². The Morgan fingerprint density at radius 2 is 2.29 bits per heavy atom. The molecule has 2 aliphatic rings. The van der Waals surface area contributed by atoms with E-state index >= 15 is 0 Å². The van der Waals surface area contributed by atoms with Crippen molar-refractivity contribution in [1.82, 2.24) is 0 Å². The molecule has 0 aliphatic carbocycles. The number of aliphatic hydroxyl groups is 1. The lowest BCUT2D eigenvalue weighted by atomic mass is 9.82. The molecule has 0 bridgehead atoms. The van der Waals surface area contributed by atoms with Crippen LogP contribution >= 0.6 is 7.82 Å². The van der Waals surface area contributed by atoms with Gasteiger partial charge in [0.05, 0.1) is 6.61 Å². The third-order valence-corrected chi connectivity index (χ3v) is 3.43. The first-order valence-corrected chi connectivity index (χ1v) is 5.61. The van der Waals surface area contributed by atoms with Gasteiger partial charge >= 0.3 is 7.82 Å². The van der Waals surface area contributed by atoms with Crippen LogP contribution in [0.3, 0.4) is 0 Å². The number of ether oxygens (including phenoxy) is 1. The minimum atomic E-state index is -4.06. The third kappa shape index (κ3) is 1.54. The van der Waals surface area contributed by atoms with E-state index in [0.717, 1.165) is 0 Å². The first-order chi connectivity index (χ1) is 6.33. The number of phosphoric acid groups is 1. The molecule has 0 amide bonds. The first-order valence-electron chi connectivity index (χ1n) is 4.12. The maximum atomic E-state index is 11.1. The second-order valence-electron chi connectivity index (χ2n) is 3.61. The summed E-state index contributed by atoms with van der Waals surface area (Å²) in [6, 6.07) is -0.945. The topological polar surface area (TPSA) is 85.2 Å². The van der Waals surface area contributed by atoms with Gasteiger partial charge in [-0.2, -0.15) is 0 Å². The van der Waals surface area contributed by atoms with Gasteiger partial charge in [-0.05, 0) is 6.92 Å². The van der Waals surface area contributed by atoms with Crippen LogP contribution in [0.2, 0.25) is 0 Å². The van der Waals surface area contributed by atoms with Gasteiger partial charge in [-0.25, -0.2) is 4.57 Å². The molecule has 2 aliphatic heterocycles. The highest BCUT2D eigenvalue weighted by molar-refractivity contribution is 7.47. The Labute approximate surface area is 82.2 Å². The van der Waals surface area contributed by atoms with Crippen LogP contribution in [-0.2, 0) is 18.3 Å². The molecule has 2 N–H and O–H groups in total. The molecule has 0 aromatic carbocycles. The molecule has 78 valence electrons. The maximum Gasteiger partial charge on any atom is 0.472 e. The Kier molecular flexibility index (Phi) is 2.30. The molecule has 2 heterocycles. The van der Waals surface area contributed by atoms with Gasteiger partial charge in [0, 0.05) is 6.00 Å². The van der Waals surface area contributed by atoms with Gasteiger partial charge in [-0.1, -0.05) is 0 Å². The molecule has 2 fully saturated rings. The van der Waals surface area contributed by atoms with Crippen LogP contribution in [0.25, 0.3) is 0 Å². The molecule has 1 unspecified atom stereocenters. The largest absolute Gasteiger partial charge is 0.472 e. The molecule has 2 radical (unpaired) electrons. The van der Waals surface area contributed by atoms with E-state index in [1.54, 1.807) is 0 Å². The lowest BCUT2D eigenvalue weighted by Crippen LogP contribution is -2.48. The van der Waals surface area contributed by atoms with Gasteiger partial charge in [0.25, 0.3) is 0 Å². The van der Waals surface area contributed by atoms with E-state index in [9.17, 15) is 9.67 Å². The van der Waals surface area contributed by atoms with E-state index in [4.69, 9.17) is 22.0 Å². The smallest absolute Gasteiger partial charge is 0.385 e. The number of hydrogen-bond acceptors (Lipinski definition) is 5. The first kappa shape index (κ1) is 10.6. The van der Waals surface area contributed by atoms with Crippen molar-refractivity contribution in [3.05, 3.63) is 0 Å². The SMILES string of the molecule is [B][C@@H]1O[C@@H]2COP(=O)(O)O[C@H]2[C@@]1(C)O. The van der Waals surface area contributed by atoms with Crippen LogP contribution in [0.15, 0.2) is 0 Å². The highest BCUT2D eigenvalue weighted by Crippen LogP contribution is 2.53. The minimum Gasteiger partial charge on any atom is -0.385 e. The molecular weight excluding hydrogens is 210 g/mol. The van der Waals surface area contributed by atoms with Gasteiger partial charge in [-0.3, -0.25) is 9.05 Å². The number of rotatable bonds is 0. The molecule has 5 atom stereocenters. The quantitative estimate of drug-likeness (QED) is 0.408. The molecule has 0 aromatic rings. The number of phosphoric ester groups is 1. The second kappa shape index (κ2) is 3.04. The van der Waals surface area contributed by atoms with Gasteiger partial charge in [-0.15, -0.1) is 0 Å². The van der Waals surface area contributed by atoms with E-state index in [1.165, 1.54) is 6.92 Å². The van der Waals surface area contributed by atoms with Crippen LogP contribution in [-0.4, -0.2) is 48.3 Å². The zero-order chi connectivity index (χ0) is 10.6. The van der Waals surface area contributed by atoms with Crippen molar-refractivity contribution in [1.29, 1.82) is 0 Å². The van der Waals surface area contributed by atoms with Crippen LogP contribution in [0.1, 0.15) is 6.92 Å². The second-order valence-corrected chi connectivity index (χ2v) is 5.02. The predicted molar refractivity (Wildman–Crippen MR) is 45.7 cm³/mol. The summed E-state index contributed by atoms with van der Waals surface area (Å²) >= 11 is 0. The Morgan fingerprint density at radius 1 is 1.64 bits per heavy atom. The Bertz CT molecular complexity index is 294. The Hall–Kier alpha value is 0.0949. The summed E-state index contributed by atoms with van der Waals surface area (Å²) in [5.41, 5.74) is -1.48. The van der Waals surface area contributed by atoms with Crippen molar-refractivity contribution < 1.29 is 28.3 Å². The van der Waals surface area contributed by atoms with Crippen molar-refractivity contribution in [3.63, 3.8) is 0 Å². The molecular formula is C6H10BO6P. The monoisotopic (exact) mass is 220 g/mol. The minimum absolute atomic E-state index is 0.109. The van der Waals surface area contributed by atoms with E-state index < -0.39 is 31.6 Å². The summed E-state index contributed by atoms with van der Waals surface area (Å²) in [7, 11) is 1.42. The average molecular weight is 220 g/mol.